The Morgan fingerprint density at radius 2 is 1.00 bits per heavy atom. The van der Waals surface area contributed by atoms with E-state index in [1.807, 2.05) is 35.6 Å². The Morgan fingerprint density at radius 3 is 1.83 bits per heavy atom. The van der Waals surface area contributed by atoms with Gasteiger partial charge in [0.15, 0.2) is 17.5 Å². The number of nitrogens with zero attached hydrogens (tertiary/aromatic N) is 4. The first-order valence-electron chi connectivity index (χ1n) is 15.8. The van der Waals surface area contributed by atoms with Crippen molar-refractivity contribution in [3.05, 3.63) is 146 Å². The zero-order chi connectivity index (χ0) is 31.6. The van der Waals surface area contributed by atoms with Crippen molar-refractivity contribution in [1.29, 1.82) is 0 Å². The molecule has 0 saturated heterocycles. The van der Waals surface area contributed by atoms with E-state index in [4.69, 9.17) is 19.9 Å². The molecule has 48 heavy (non-hydrogen) atoms. The van der Waals surface area contributed by atoms with E-state index in [9.17, 15) is 0 Å². The monoisotopic (exact) mass is 648 g/mol. The second-order valence-corrected chi connectivity index (χ2v) is 13.9. The lowest BCUT2D eigenvalue weighted by atomic mass is 10.0. The maximum Gasteiger partial charge on any atom is 0.164 e. The highest BCUT2D eigenvalue weighted by Gasteiger charge is 2.18. The van der Waals surface area contributed by atoms with Crippen molar-refractivity contribution in [1.82, 2.24) is 19.9 Å². The third-order valence-electron chi connectivity index (χ3n) is 8.96. The fourth-order valence-corrected chi connectivity index (χ4v) is 9.13. The van der Waals surface area contributed by atoms with Gasteiger partial charge in [-0.05, 0) is 28.3 Å². The third kappa shape index (κ3) is 4.42. The summed E-state index contributed by atoms with van der Waals surface area (Å²) in [4.78, 5) is 20.2. The average Bonchev–Trinajstić information content (AvgIpc) is 3.77. The first kappa shape index (κ1) is 27.3. The van der Waals surface area contributed by atoms with Crippen molar-refractivity contribution >= 4 is 74.6 Å². The fraction of sp³-hybridized carbons (Fsp3) is 0. The van der Waals surface area contributed by atoms with Crippen LogP contribution in [0.2, 0.25) is 0 Å². The van der Waals surface area contributed by atoms with Crippen LogP contribution in [0.15, 0.2) is 146 Å². The van der Waals surface area contributed by atoms with E-state index in [2.05, 4.69) is 121 Å². The van der Waals surface area contributed by atoms with Crippen LogP contribution in [0.25, 0.3) is 96.7 Å². The molecule has 0 aliphatic carbocycles. The van der Waals surface area contributed by atoms with Crippen molar-refractivity contribution in [2.75, 3.05) is 0 Å². The number of thiophene rings is 1. The summed E-state index contributed by atoms with van der Waals surface area (Å²) >= 11 is 3.62. The van der Waals surface area contributed by atoms with Gasteiger partial charge in [0.1, 0.15) is 5.01 Å². The maximum absolute atomic E-state index is 5.13. The molecule has 7 aromatic carbocycles. The van der Waals surface area contributed by atoms with Crippen molar-refractivity contribution in [2.45, 2.75) is 0 Å². The van der Waals surface area contributed by atoms with Crippen LogP contribution in [0.3, 0.4) is 0 Å². The van der Waals surface area contributed by atoms with Crippen LogP contribution < -0.4 is 0 Å². The van der Waals surface area contributed by atoms with Crippen LogP contribution in [0.1, 0.15) is 0 Å². The van der Waals surface area contributed by atoms with Crippen LogP contribution in [0.5, 0.6) is 0 Å². The lowest BCUT2D eigenvalue weighted by molar-refractivity contribution is 1.08. The summed E-state index contributed by atoms with van der Waals surface area (Å²) in [6.45, 7) is 0. The highest BCUT2D eigenvalue weighted by molar-refractivity contribution is 7.32. The molecule has 0 amide bonds. The molecule has 3 aromatic heterocycles. The second-order valence-electron chi connectivity index (χ2n) is 11.9. The van der Waals surface area contributed by atoms with E-state index in [0.717, 1.165) is 43.6 Å². The van der Waals surface area contributed by atoms with Gasteiger partial charge >= 0.3 is 0 Å². The van der Waals surface area contributed by atoms with E-state index in [0.29, 0.717) is 17.5 Å². The van der Waals surface area contributed by atoms with E-state index < -0.39 is 0 Å². The van der Waals surface area contributed by atoms with Gasteiger partial charge in [-0.2, -0.15) is 0 Å². The second kappa shape index (κ2) is 10.9. The number of rotatable bonds is 4. The summed E-state index contributed by atoms with van der Waals surface area (Å²) in [6.07, 6.45) is 0. The van der Waals surface area contributed by atoms with E-state index in [1.165, 1.54) is 35.6 Å². The van der Waals surface area contributed by atoms with E-state index in [-0.39, 0.29) is 0 Å². The van der Waals surface area contributed by atoms with Crippen molar-refractivity contribution < 1.29 is 0 Å². The molecule has 4 nitrogen and oxygen atoms in total. The summed E-state index contributed by atoms with van der Waals surface area (Å²) in [5.74, 6) is 1.98. The Morgan fingerprint density at radius 1 is 0.354 bits per heavy atom. The average molecular weight is 649 g/mol. The summed E-state index contributed by atoms with van der Waals surface area (Å²) in [6, 6.07) is 50.7. The topological polar surface area (TPSA) is 51.6 Å². The zero-order valence-corrected chi connectivity index (χ0v) is 27.1. The molecule has 3 heterocycles. The van der Waals surface area contributed by atoms with E-state index in [1.54, 1.807) is 11.3 Å². The largest absolute Gasteiger partial charge is 0.236 e. The van der Waals surface area contributed by atoms with Crippen LogP contribution in [0, 0.1) is 0 Å². The molecule has 0 fully saturated rings. The number of thiazole rings is 1. The van der Waals surface area contributed by atoms with Gasteiger partial charge in [-0.1, -0.05) is 133 Å². The number of hydrogen-bond acceptors (Lipinski definition) is 6. The molecule has 10 rings (SSSR count). The van der Waals surface area contributed by atoms with Crippen molar-refractivity contribution in [3.8, 4) is 44.7 Å². The number of benzene rings is 7. The molecule has 0 spiro atoms. The predicted molar refractivity (Wildman–Crippen MR) is 203 cm³/mol. The van der Waals surface area contributed by atoms with Crippen molar-refractivity contribution in [3.63, 3.8) is 0 Å². The lowest BCUT2D eigenvalue weighted by Crippen LogP contribution is -2.00. The Bertz CT molecular complexity index is 2840. The summed E-state index contributed by atoms with van der Waals surface area (Å²) in [5, 5.41) is 8.23. The summed E-state index contributed by atoms with van der Waals surface area (Å²) < 4.78 is 3.78. The predicted octanol–water partition coefficient (Wildman–Crippen LogP) is 11.8. The minimum absolute atomic E-state index is 0.658. The molecule has 6 heteroatoms. The normalized spacial score (nSPS) is 11.8. The molecule has 0 radical (unpaired) electrons. The van der Waals surface area contributed by atoms with Crippen molar-refractivity contribution in [2.24, 2.45) is 0 Å². The van der Waals surface area contributed by atoms with Gasteiger partial charge in [0.05, 0.1) is 14.9 Å². The maximum atomic E-state index is 5.13. The number of hydrogen-bond donors (Lipinski definition) is 0. The minimum atomic E-state index is 0.658. The Hall–Kier alpha value is -5.82. The Labute approximate surface area is 283 Å². The molecular weight excluding hydrogens is 625 g/mol. The standard InChI is InChI=1S/C42H24N4S2/c1-3-11-26(12-4-1)39-44-40(29-19-18-25-10-7-8-15-28(25)24-29)46-41(45-39)34-17-9-16-31-30(34)20-21-32-33-22-23-35-38(37(33)47-36(31)32)48-42(43-35)27-13-5-2-6-14-27/h1-24H. The molecular formula is C42H24N4S2. The molecule has 0 aliphatic heterocycles. The quantitative estimate of drug-likeness (QED) is 0.191. The van der Waals surface area contributed by atoms with E-state index >= 15 is 0 Å². The molecule has 0 saturated carbocycles. The molecule has 0 aliphatic rings. The van der Waals surface area contributed by atoms with Crippen LogP contribution in [0.4, 0.5) is 0 Å². The minimum Gasteiger partial charge on any atom is -0.236 e. The number of aromatic nitrogens is 4. The molecule has 0 N–H and O–H groups in total. The fourth-order valence-electron chi connectivity index (χ4n) is 6.60. The van der Waals surface area contributed by atoms with Gasteiger partial charge in [-0.25, -0.2) is 19.9 Å². The van der Waals surface area contributed by atoms with Crippen LogP contribution in [-0.2, 0) is 0 Å². The van der Waals surface area contributed by atoms with Gasteiger partial charge in [0, 0.05) is 43.1 Å². The first-order valence-corrected chi connectivity index (χ1v) is 17.4. The molecule has 0 atom stereocenters. The van der Waals surface area contributed by atoms with Crippen LogP contribution >= 0.6 is 22.7 Å². The SMILES string of the molecule is c1ccc(-c2nc(-c3ccc4ccccc4c3)nc(-c3cccc4c3ccc3c5ccc6nc(-c7ccccc7)sc6c5sc43)n2)cc1. The first-order chi connectivity index (χ1) is 23.8. The molecule has 10 aromatic rings. The van der Waals surface area contributed by atoms with Gasteiger partial charge in [0.25, 0.3) is 0 Å². The number of fused-ring (bicyclic) bond motifs is 8. The van der Waals surface area contributed by atoms with Crippen LogP contribution in [-0.4, -0.2) is 19.9 Å². The zero-order valence-electron chi connectivity index (χ0n) is 25.5. The Balaban J connectivity index is 1.18. The summed E-state index contributed by atoms with van der Waals surface area (Å²) in [5.41, 5.74) is 5.10. The lowest BCUT2D eigenvalue weighted by Gasteiger charge is -2.11. The summed E-state index contributed by atoms with van der Waals surface area (Å²) in [7, 11) is 0. The van der Waals surface area contributed by atoms with Gasteiger partial charge in [0.2, 0.25) is 0 Å². The molecule has 0 bridgehead atoms. The van der Waals surface area contributed by atoms with Gasteiger partial charge < -0.3 is 0 Å². The third-order valence-corrected chi connectivity index (χ3v) is 11.5. The van der Waals surface area contributed by atoms with Gasteiger partial charge in [-0.15, -0.1) is 22.7 Å². The highest BCUT2D eigenvalue weighted by Crippen LogP contribution is 2.45. The molecule has 0 unspecified atom stereocenters. The Kier molecular flexibility index (Phi) is 6.19. The smallest absolute Gasteiger partial charge is 0.164 e. The van der Waals surface area contributed by atoms with Gasteiger partial charge in [-0.3, -0.25) is 0 Å². The molecule has 224 valence electrons. The highest BCUT2D eigenvalue weighted by atomic mass is 32.1.